The molecule has 3 nitrogen and oxygen atoms in total. The summed E-state index contributed by atoms with van der Waals surface area (Å²) in [5, 5.41) is 11.4. The Hall–Kier alpha value is -2.29. The lowest BCUT2D eigenvalue weighted by Crippen LogP contribution is -1.91. The minimum Gasteiger partial charge on any atom is -0.508 e. The van der Waals surface area contributed by atoms with Crippen LogP contribution in [0.1, 0.15) is 5.56 Å². The lowest BCUT2D eigenvalue weighted by molar-refractivity contribution is -0.105. The van der Waals surface area contributed by atoms with E-state index in [1.165, 1.54) is 0 Å². The number of carbonyl (C=O) groups is 1. The van der Waals surface area contributed by atoms with E-state index in [1.54, 1.807) is 6.07 Å². The van der Waals surface area contributed by atoms with Gasteiger partial charge in [0, 0.05) is 5.69 Å². The van der Waals surface area contributed by atoms with E-state index >= 15 is 0 Å². The van der Waals surface area contributed by atoms with Gasteiger partial charge in [0.1, 0.15) is 5.75 Å². The second-order valence-electron chi connectivity index (χ2n) is 3.41. The van der Waals surface area contributed by atoms with Crippen molar-refractivity contribution >= 4 is 12.1 Å². The van der Waals surface area contributed by atoms with Crippen molar-refractivity contribution in [1.29, 1.82) is 0 Å². The van der Waals surface area contributed by atoms with Gasteiger partial charge in [-0.25, -0.2) is 0 Å². The minimum atomic E-state index is 0.368. The van der Waals surface area contributed by atoms with E-state index in [1.807, 2.05) is 55.5 Å². The Morgan fingerprint density at radius 1 is 1.00 bits per heavy atom. The van der Waals surface area contributed by atoms with E-state index in [9.17, 15) is 4.79 Å². The number of para-hydroxylation sites is 2. The third kappa shape index (κ3) is 4.84. The number of carbonyl (C=O) groups excluding carboxylic acids is 1. The number of nitrogens with one attached hydrogen (secondary N) is 1. The zero-order valence-electron chi connectivity index (χ0n) is 9.63. The number of aromatic hydroxyl groups is 1. The molecular formula is C14H15NO2. The van der Waals surface area contributed by atoms with E-state index in [0.717, 1.165) is 11.3 Å². The summed E-state index contributed by atoms with van der Waals surface area (Å²) < 4.78 is 0. The van der Waals surface area contributed by atoms with E-state index in [-0.39, 0.29) is 0 Å². The highest BCUT2D eigenvalue weighted by Gasteiger charge is 1.87. The van der Waals surface area contributed by atoms with Gasteiger partial charge in [0.25, 0.3) is 0 Å². The Labute approximate surface area is 101 Å². The molecule has 0 aliphatic heterocycles. The zero-order valence-corrected chi connectivity index (χ0v) is 9.63. The molecule has 0 atom stereocenters. The Morgan fingerprint density at radius 2 is 1.59 bits per heavy atom. The van der Waals surface area contributed by atoms with Gasteiger partial charge in [-0.3, -0.25) is 4.79 Å². The third-order valence-corrected chi connectivity index (χ3v) is 2.11. The average molecular weight is 229 g/mol. The van der Waals surface area contributed by atoms with Gasteiger partial charge in [-0.05, 0) is 30.7 Å². The molecule has 1 amide bonds. The number of aryl methyl sites for hydroxylation is 1. The maximum atomic E-state index is 9.86. The highest BCUT2D eigenvalue weighted by Crippen LogP contribution is 2.12. The fourth-order valence-corrected chi connectivity index (χ4v) is 1.17. The molecule has 0 aromatic heterocycles. The van der Waals surface area contributed by atoms with E-state index < -0.39 is 0 Å². The largest absolute Gasteiger partial charge is 0.508 e. The average Bonchev–Trinajstić information content (AvgIpc) is 2.36. The molecule has 0 heterocycles. The fraction of sp³-hybridized carbons (Fsp3) is 0.0714. The first kappa shape index (κ1) is 12.8. The molecule has 0 saturated heterocycles. The predicted molar refractivity (Wildman–Crippen MR) is 69.0 cm³/mol. The Kier molecular flexibility index (Phi) is 5.31. The molecule has 2 N–H and O–H groups in total. The summed E-state index contributed by atoms with van der Waals surface area (Å²) in [5.41, 5.74) is 1.75. The molecule has 2 aromatic rings. The van der Waals surface area contributed by atoms with Crippen LogP contribution in [0.25, 0.3) is 0 Å². The lowest BCUT2D eigenvalue weighted by Gasteiger charge is -1.93. The third-order valence-electron chi connectivity index (χ3n) is 2.11. The second kappa shape index (κ2) is 7.06. The number of benzene rings is 2. The maximum Gasteiger partial charge on any atom is 0.211 e. The van der Waals surface area contributed by atoms with Crippen LogP contribution in [0.5, 0.6) is 5.75 Å². The summed E-state index contributed by atoms with van der Waals surface area (Å²) >= 11 is 0. The van der Waals surface area contributed by atoms with Gasteiger partial charge in [0.05, 0.1) is 0 Å². The second-order valence-corrected chi connectivity index (χ2v) is 3.41. The molecule has 0 bridgehead atoms. The van der Waals surface area contributed by atoms with Crippen molar-refractivity contribution < 1.29 is 9.90 Å². The Morgan fingerprint density at radius 3 is 2.06 bits per heavy atom. The van der Waals surface area contributed by atoms with Gasteiger partial charge in [-0.15, -0.1) is 0 Å². The van der Waals surface area contributed by atoms with Crippen LogP contribution in [0.4, 0.5) is 5.69 Å². The molecular weight excluding hydrogens is 214 g/mol. The van der Waals surface area contributed by atoms with Crippen molar-refractivity contribution in [3.63, 3.8) is 0 Å². The Bertz CT molecular complexity index is 434. The van der Waals surface area contributed by atoms with Crippen LogP contribution in [-0.2, 0) is 4.79 Å². The Balaban J connectivity index is 0.000000171. The number of anilines is 1. The van der Waals surface area contributed by atoms with Gasteiger partial charge < -0.3 is 10.4 Å². The highest BCUT2D eigenvalue weighted by atomic mass is 16.3. The molecule has 2 aromatic carbocycles. The summed E-state index contributed by atoms with van der Waals surface area (Å²) in [5.74, 6) is 0.368. The van der Waals surface area contributed by atoms with Gasteiger partial charge >= 0.3 is 0 Å². The topological polar surface area (TPSA) is 49.3 Å². The van der Waals surface area contributed by atoms with Crippen LogP contribution in [0, 0.1) is 6.92 Å². The molecule has 0 fully saturated rings. The van der Waals surface area contributed by atoms with Crippen LogP contribution in [-0.4, -0.2) is 11.5 Å². The lowest BCUT2D eigenvalue weighted by atomic mass is 10.2. The maximum absolute atomic E-state index is 9.86. The SMILES string of the molecule is Cc1ccccc1O.O=CNc1ccccc1. The zero-order chi connectivity index (χ0) is 12.5. The van der Waals surface area contributed by atoms with Gasteiger partial charge in [-0.2, -0.15) is 0 Å². The molecule has 0 saturated carbocycles. The van der Waals surface area contributed by atoms with Crippen molar-refractivity contribution in [3.05, 3.63) is 60.2 Å². The number of rotatable bonds is 2. The van der Waals surface area contributed by atoms with Gasteiger partial charge in [0.15, 0.2) is 0 Å². The molecule has 0 aliphatic carbocycles. The number of amides is 1. The summed E-state index contributed by atoms with van der Waals surface area (Å²) in [4.78, 5) is 9.86. The monoisotopic (exact) mass is 229 g/mol. The molecule has 0 aliphatic rings. The summed E-state index contributed by atoms with van der Waals surface area (Å²) in [7, 11) is 0. The smallest absolute Gasteiger partial charge is 0.211 e. The van der Waals surface area contributed by atoms with Crippen molar-refractivity contribution in [2.75, 3.05) is 5.32 Å². The van der Waals surface area contributed by atoms with Gasteiger partial charge in [-0.1, -0.05) is 36.4 Å². The molecule has 88 valence electrons. The minimum absolute atomic E-state index is 0.368. The first-order valence-electron chi connectivity index (χ1n) is 5.24. The predicted octanol–water partition coefficient (Wildman–Crippen LogP) is 2.96. The summed E-state index contributed by atoms with van der Waals surface area (Å²) in [6.45, 7) is 1.87. The molecule has 0 unspecified atom stereocenters. The number of phenolic OH excluding ortho intramolecular Hbond substituents is 1. The first-order valence-corrected chi connectivity index (χ1v) is 5.24. The van der Waals surface area contributed by atoms with E-state index in [2.05, 4.69) is 5.32 Å². The van der Waals surface area contributed by atoms with Crippen molar-refractivity contribution in [1.82, 2.24) is 0 Å². The fourth-order valence-electron chi connectivity index (χ4n) is 1.17. The first-order chi connectivity index (χ1) is 8.24. The number of hydrogen-bond acceptors (Lipinski definition) is 2. The molecule has 0 radical (unpaired) electrons. The number of phenols is 1. The van der Waals surface area contributed by atoms with Crippen LogP contribution in [0.3, 0.4) is 0 Å². The number of hydrogen-bond donors (Lipinski definition) is 2. The van der Waals surface area contributed by atoms with Crippen LogP contribution >= 0.6 is 0 Å². The van der Waals surface area contributed by atoms with Crippen LogP contribution < -0.4 is 5.32 Å². The van der Waals surface area contributed by atoms with Crippen molar-refractivity contribution in [2.45, 2.75) is 6.92 Å². The van der Waals surface area contributed by atoms with Crippen molar-refractivity contribution in [3.8, 4) is 5.75 Å². The summed E-state index contributed by atoms with van der Waals surface area (Å²) in [6, 6.07) is 16.5. The standard InChI is InChI=1S/C7H7NO.C7H8O/c9-6-8-7-4-2-1-3-5-7;1-6-4-2-3-5-7(6)8/h1-6H,(H,8,9);2-5,8H,1H3. The van der Waals surface area contributed by atoms with Crippen LogP contribution in [0.15, 0.2) is 54.6 Å². The van der Waals surface area contributed by atoms with E-state index in [0.29, 0.717) is 12.2 Å². The van der Waals surface area contributed by atoms with Crippen LogP contribution in [0.2, 0.25) is 0 Å². The highest BCUT2D eigenvalue weighted by molar-refractivity contribution is 5.70. The quantitative estimate of drug-likeness (QED) is 0.778. The summed E-state index contributed by atoms with van der Waals surface area (Å²) in [6.07, 6.45) is 0.662. The van der Waals surface area contributed by atoms with Crippen molar-refractivity contribution in [2.24, 2.45) is 0 Å². The normalized spacial score (nSPS) is 8.76. The molecule has 17 heavy (non-hydrogen) atoms. The molecule has 0 spiro atoms. The van der Waals surface area contributed by atoms with E-state index in [4.69, 9.17) is 5.11 Å². The molecule has 2 rings (SSSR count). The van der Waals surface area contributed by atoms with Gasteiger partial charge in [0.2, 0.25) is 6.41 Å². The molecule has 3 heteroatoms.